The summed E-state index contributed by atoms with van der Waals surface area (Å²) >= 11 is 0. The van der Waals surface area contributed by atoms with Gasteiger partial charge in [0.05, 0.1) is 6.10 Å². The van der Waals surface area contributed by atoms with Gasteiger partial charge in [0.25, 0.3) is 0 Å². The zero-order valence-electron chi connectivity index (χ0n) is 19.1. The van der Waals surface area contributed by atoms with Crippen LogP contribution in [0.25, 0.3) is 0 Å². The van der Waals surface area contributed by atoms with Gasteiger partial charge in [-0.2, -0.15) is 0 Å². The predicted molar refractivity (Wildman–Crippen MR) is 123 cm³/mol. The Morgan fingerprint density at radius 2 is 2.07 bits per heavy atom. The first-order valence-corrected chi connectivity index (χ1v) is 11.3. The Morgan fingerprint density at radius 3 is 2.80 bits per heavy atom. The molecule has 30 heavy (non-hydrogen) atoms. The van der Waals surface area contributed by atoms with Crippen molar-refractivity contribution in [3.63, 3.8) is 0 Å². The smallest absolute Gasteiger partial charge is 0.223 e. The number of rotatable bonds is 9. The molecule has 2 aliphatic rings. The zero-order chi connectivity index (χ0) is 21.7. The highest BCUT2D eigenvalue weighted by atomic mass is 16.3. The molecule has 4 nitrogen and oxygen atoms in total. The fraction of sp³-hybridized carbons (Fsp3) is 0.577. The number of aliphatic hydroxyl groups is 1. The number of carbonyl (C=O) groups is 1. The van der Waals surface area contributed by atoms with Gasteiger partial charge in [-0.25, -0.2) is 0 Å². The largest absolute Gasteiger partial charge is 0.392 e. The van der Waals surface area contributed by atoms with Crippen molar-refractivity contribution < 1.29 is 9.90 Å². The molecule has 0 saturated heterocycles. The molecule has 0 radical (unpaired) electrons. The number of benzene rings is 1. The van der Waals surface area contributed by atoms with Gasteiger partial charge in [0.15, 0.2) is 0 Å². The van der Waals surface area contributed by atoms with Crippen LogP contribution in [0, 0.1) is 24.7 Å². The number of hydrogen-bond acceptors (Lipinski definition) is 3. The highest BCUT2D eigenvalue weighted by Gasteiger charge is 2.43. The van der Waals surface area contributed by atoms with E-state index < -0.39 is 0 Å². The Balaban J connectivity index is 1.47. The summed E-state index contributed by atoms with van der Waals surface area (Å²) in [7, 11) is 5.71. The number of fused-ring (bicyclic) bond motifs is 1. The van der Waals surface area contributed by atoms with E-state index in [1.807, 2.05) is 14.1 Å². The molecule has 4 heteroatoms. The van der Waals surface area contributed by atoms with Crippen LogP contribution in [-0.4, -0.2) is 61.2 Å². The molecule has 0 aliphatic heterocycles. The lowest BCUT2D eigenvalue weighted by Gasteiger charge is -2.21. The molecule has 0 bridgehead atoms. The summed E-state index contributed by atoms with van der Waals surface area (Å²) < 4.78 is 0. The lowest BCUT2D eigenvalue weighted by Crippen LogP contribution is -2.29. The summed E-state index contributed by atoms with van der Waals surface area (Å²) in [5.41, 5.74) is 4.16. The SMILES string of the molecule is Cc1cccc(CCC=C[C@@H]2[C@H]3CC(CN(C)CCC(=O)N(C)C)=C[C@H]3C[C@H]2O)c1. The zero-order valence-corrected chi connectivity index (χ0v) is 19.1. The molecular formula is C26H38N2O2. The van der Waals surface area contributed by atoms with E-state index in [4.69, 9.17) is 0 Å². The molecule has 1 saturated carbocycles. The summed E-state index contributed by atoms with van der Waals surface area (Å²) in [5, 5.41) is 10.6. The van der Waals surface area contributed by atoms with Crippen LogP contribution in [0.3, 0.4) is 0 Å². The number of aryl methyl sites for hydroxylation is 2. The first-order valence-electron chi connectivity index (χ1n) is 11.3. The number of carbonyl (C=O) groups excluding carboxylic acids is 1. The van der Waals surface area contributed by atoms with Gasteiger partial charge in [-0.15, -0.1) is 0 Å². The minimum absolute atomic E-state index is 0.179. The molecule has 0 aromatic heterocycles. The lowest BCUT2D eigenvalue weighted by atomic mass is 9.89. The second-order valence-electron chi connectivity index (χ2n) is 9.47. The molecule has 1 N–H and O–H groups in total. The average Bonchev–Trinajstić information content (AvgIpc) is 3.19. The lowest BCUT2D eigenvalue weighted by molar-refractivity contribution is -0.128. The second-order valence-corrected chi connectivity index (χ2v) is 9.47. The maximum Gasteiger partial charge on any atom is 0.223 e. The van der Waals surface area contributed by atoms with Gasteiger partial charge in [0.1, 0.15) is 0 Å². The predicted octanol–water partition coefficient (Wildman–Crippen LogP) is 3.84. The number of aliphatic hydroxyl groups excluding tert-OH is 1. The third-order valence-electron chi connectivity index (χ3n) is 6.67. The van der Waals surface area contributed by atoms with Crippen LogP contribution >= 0.6 is 0 Å². The van der Waals surface area contributed by atoms with E-state index in [1.165, 1.54) is 16.7 Å². The molecule has 0 heterocycles. The van der Waals surface area contributed by atoms with Crippen LogP contribution in [0.1, 0.15) is 36.8 Å². The summed E-state index contributed by atoms with van der Waals surface area (Å²) in [5.74, 6) is 1.47. The number of likely N-dealkylation sites (N-methyl/N-ethyl adjacent to an activating group) is 1. The van der Waals surface area contributed by atoms with Gasteiger partial charge in [-0.05, 0) is 57.1 Å². The van der Waals surface area contributed by atoms with Gasteiger partial charge < -0.3 is 14.9 Å². The van der Waals surface area contributed by atoms with Gasteiger partial charge in [-0.3, -0.25) is 4.79 Å². The Kier molecular flexibility index (Phi) is 7.90. The van der Waals surface area contributed by atoms with E-state index in [2.05, 4.69) is 61.4 Å². The van der Waals surface area contributed by atoms with Crippen molar-refractivity contribution >= 4 is 5.91 Å². The monoisotopic (exact) mass is 410 g/mol. The van der Waals surface area contributed by atoms with E-state index in [9.17, 15) is 9.90 Å². The molecule has 1 amide bonds. The normalized spacial score (nSPS) is 25.7. The van der Waals surface area contributed by atoms with E-state index >= 15 is 0 Å². The van der Waals surface area contributed by atoms with Crippen LogP contribution in [0.15, 0.2) is 48.1 Å². The van der Waals surface area contributed by atoms with E-state index in [-0.39, 0.29) is 17.9 Å². The van der Waals surface area contributed by atoms with Crippen molar-refractivity contribution in [3.05, 3.63) is 59.2 Å². The highest BCUT2D eigenvalue weighted by molar-refractivity contribution is 5.75. The van der Waals surface area contributed by atoms with E-state index in [0.717, 1.165) is 38.8 Å². The Hall–Kier alpha value is -1.91. The third-order valence-corrected chi connectivity index (χ3v) is 6.67. The average molecular weight is 411 g/mol. The Morgan fingerprint density at radius 1 is 1.27 bits per heavy atom. The van der Waals surface area contributed by atoms with Crippen molar-refractivity contribution in [2.75, 3.05) is 34.2 Å². The maximum atomic E-state index is 11.8. The van der Waals surface area contributed by atoms with Crippen LogP contribution in [0.2, 0.25) is 0 Å². The molecule has 0 unspecified atom stereocenters. The quantitative estimate of drug-likeness (QED) is 0.629. The van der Waals surface area contributed by atoms with Gasteiger partial charge in [-0.1, -0.05) is 53.6 Å². The molecule has 164 valence electrons. The molecule has 0 spiro atoms. The van der Waals surface area contributed by atoms with Crippen LogP contribution in [-0.2, 0) is 11.2 Å². The number of amides is 1. The first kappa shape index (κ1) is 22.8. The standard InChI is InChI=1S/C26H38N2O2/c1-19-8-7-10-20(14-19)9-5-6-11-23-24-16-21(15-22(24)17-25(23)29)18-28(4)13-12-26(30)27(2)3/h6-8,10-11,14-15,22-25,29H,5,9,12-13,16-18H2,1-4H3/t22-,23+,24-,25+/m0/s1. The van der Waals surface area contributed by atoms with Crippen molar-refractivity contribution in [3.8, 4) is 0 Å². The molecule has 1 aromatic carbocycles. The molecule has 2 aliphatic carbocycles. The van der Waals surface area contributed by atoms with Gasteiger partial charge in [0.2, 0.25) is 5.91 Å². The highest BCUT2D eigenvalue weighted by Crippen LogP contribution is 2.47. The minimum atomic E-state index is -0.219. The molecule has 3 rings (SSSR count). The fourth-order valence-electron chi connectivity index (χ4n) is 5.03. The van der Waals surface area contributed by atoms with Gasteiger partial charge >= 0.3 is 0 Å². The molecular weight excluding hydrogens is 372 g/mol. The topological polar surface area (TPSA) is 43.8 Å². The Labute approximate surface area is 182 Å². The number of nitrogens with zero attached hydrogens (tertiary/aromatic N) is 2. The van der Waals surface area contributed by atoms with Crippen LogP contribution in [0.5, 0.6) is 0 Å². The first-order chi connectivity index (χ1) is 14.3. The van der Waals surface area contributed by atoms with Crippen molar-refractivity contribution in [1.29, 1.82) is 0 Å². The fourth-order valence-corrected chi connectivity index (χ4v) is 5.03. The van der Waals surface area contributed by atoms with Crippen molar-refractivity contribution in [2.45, 2.75) is 45.1 Å². The van der Waals surface area contributed by atoms with E-state index in [1.54, 1.807) is 4.90 Å². The number of allylic oxidation sites excluding steroid dienone is 2. The van der Waals surface area contributed by atoms with Crippen LogP contribution < -0.4 is 0 Å². The third kappa shape index (κ3) is 6.05. The number of hydrogen-bond donors (Lipinski definition) is 1. The minimum Gasteiger partial charge on any atom is -0.392 e. The molecule has 1 aromatic rings. The summed E-state index contributed by atoms with van der Waals surface area (Å²) in [4.78, 5) is 15.7. The maximum absolute atomic E-state index is 11.8. The second kappa shape index (κ2) is 10.4. The molecule has 4 atom stereocenters. The summed E-state index contributed by atoms with van der Waals surface area (Å²) in [6, 6.07) is 8.70. The molecule has 1 fully saturated rings. The van der Waals surface area contributed by atoms with Crippen molar-refractivity contribution in [2.24, 2.45) is 17.8 Å². The van der Waals surface area contributed by atoms with Gasteiger partial charge in [0, 0.05) is 39.5 Å². The van der Waals surface area contributed by atoms with E-state index in [0.29, 0.717) is 18.3 Å². The Bertz CT molecular complexity index is 783. The summed E-state index contributed by atoms with van der Waals surface area (Å²) in [6.45, 7) is 3.85. The van der Waals surface area contributed by atoms with Crippen molar-refractivity contribution in [1.82, 2.24) is 9.80 Å². The van der Waals surface area contributed by atoms with Crippen LogP contribution in [0.4, 0.5) is 0 Å². The summed E-state index contributed by atoms with van der Waals surface area (Å²) in [6.07, 6.45) is 11.3.